The molecule has 0 bridgehead atoms. The van der Waals surface area contributed by atoms with Gasteiger partial charge < -0.3 is 9.97 Å². The number of aromatic amines is 2. The third-order valence-electron chi connectivity index (χ3n) is 5.27. The largest absolute Gasteiger partial charge is 0.416 e. The molecule has 0 fully saturated rings. The van der Waals surface area contributed by atoms with Crippen LogP contribution in [0.4, 0.5) is 17.6 Å². The van der Waals surface area contributed by atoms with Gasteiger partial charge in [0.15, 0.2) is 0 Å². The van der Waals surface area contributed by atoms with Crippen molar-refractivity contribution < 1.29 is 17.6 Å². The van der Waals surface area contributed by atoms with E-state index < -0.39 is 11.7 Å². The van der Waals surface area contributed by atoms with Gasteiger partial charge in [-0.05, 0) is 53.1 Å². The van der Waals surface area contributed by atoms with E-state index >= 15 is 0 Å². The van der Waals surface area contributed by atoms with Gasteiger partial charge in [0.2, 0.25) is 0 Å². The Morgan fingerprint density at radius 1 is 0.710 bits per heavy atom. The van der Waals surface area contributed by atoms with Crippen LogP contribution >= 0.6 is 12.4 Å². The molecule has 2 heterocycles. The smallest absolute Gasteiger partial charge is 0.361 e. The fraction of sp³-hybridized carbons (Fsp3) is 0.0417. The van der Waals surface area contributed by atoms with Crippen molar-refractivity contribution in [2.24, 2.45) is 0 Å². The molecule has 0 unspecified atom stereocenters. The van der Waals surface area contributed by atoms with E-state index in [1.807, 2.05) is 30.5 Å². The number of H-pyrrole nitrogens is 2. The number of fused-ring (bicyclic) bond motifs is 2. The molecule has 0 aliphatic carbocycles. The van der Waals surface area contributed by atoms with Crippen molar-refractivity contribution in [3.05, 3.63) is 113 Å². The molecule has 31 heavy (non-hydrogen) atoms. The van der Waals surface area contributed by atoms with Crippen LogP contribution in [0, 0.1) is 11.7 Å². The summed E-state index contributed by atoms with van der Waals surface area (Å²) in [5, 5.41) is 1.59. The highest BCUT2D eigenvalue weighted by Crippen LogP contribution is 2.39. The van der Waals surface area contributed by atoms with Crippen molar-refractivity contribution in [2.75, 3.05) is 0 Å². The molecular weight excluding hydrogens is 428 g/mol. The summed E-state index contributed by atoms with van der Waals surface area (Å²) in [6.45, 7) is 0. The number of rotatable bonds is 3. The molecule has 7 heteroatoms. The maximum absolute atomic E-state index is 14.0. The number of aromatic nitrogens is 2. The van der Waals surface area contributed by atoms with Crippen LogP contribution in [0.2, 0.25) is 0 Å². The van der Waals surface area contributed by atoms with Gasteiger partial charge in [-0.1, -0.05) is 30.3 Å². The van der Waals surface area contributed by atoms with Gasteiger partial charge in [0, 0.05) is 34.2 Å². The monoisotopic (exact) mass is 443 g/mol. The minimum atomic E-state index is -4.41. The molecule has 2 N–H and O–H groups in total. The Kier molecular flexibility index (Phi) is 5.27. The molecule has 5 rings (SSSR count). The number of nitrogens with one attached hydrogen (secondary N) is 2. The van der Waals surface area contributed by atoms with Crippen molar-refractivity contribution in [3.63, 3.8) is 0 Å². The van der Waals surface area contributed by atoms with Crippen LogP contribution in [0.5, 0.6) is 0 Å². The molecule has 0 amide bonds. The third kappa shape index (κ3) is 3.68. The summed E-state index contributed by atoms with van der Waals surface area (Å²) in [5.41, 5.74) is 3.09. The number of hydrogen-bond donors (Lipinski definition) is 2. The van der Waals surface area contributed by atoms with E-state index in [9.17, 15) is 17.6 Å². The summed E-state index contributed by atoms with van der Waals surface area (Å²) >= 11 is 0. The number of halogens is 5. The zero-order chi connectivity index (χ0) is 20.9. The summed E-state index contributed by atoms with van der Waals surface area (Å²) < 4.78 is 53.2. The maximum atomic E-state index is 14.0. The van der Waals surface area contributed by atoms with Crippen LogP contribution in [0.1, 0.15) is 22.3 Å². The Morgan fingerprint density at radius 2 is 1.32 bits per heavy atom. The van der Waals surface area contributed by atoms with E-state index in [1.165, 1.54) is 24.3 Å². The molecule has 157 valence electrons. The number of para-hydroxylation sites is 1. The van der Waals surface area contributed by atoms with E-state index in [0.29, 0.717) is 16.5 Å². The normalized spacial score (nSPS) is 11.9. The van der Waals surface area contributed by atoms with Crippen molar-refractivity contribution in [1.82, 2.24) is 9.97 Å². The predicted octanol–water partition coefficient (Wildman–Crippen LogP) is 7.25. The molecule has 0 spiro atoms. The van der Waals surface area contributed by atoms with Gasteiger partial charge in [-0.15, -0.1) is 12.4 Å². The maximum Gasteiger partial charge on any atom is 0.416 e. The van der Waals surface area contributed by atoms with Gasteiger partial charge >= 0.3 is 6.18 Å². The molecule has 1 radical (unpaired) electrons. The molecule has 2 aromatic heterocycles. The van der Waals surface area contributed by atoms with Crippen LogP contribution in [-0.4, -0.2) is 9.97 Å². The lowest BCUT2D eigenvalue weighted by molar-refractivity contribution is -0.137. The Morgan fingerprint density at radius 3 is 2.00 bits per heavy atom. The van der Waals surface area contributed by atoms with Crippen molar-refractivity contribution in [3.8, 4) is 0 Å². The lowest BCUT2D eigenvalue weighted by atomic mass is 9.84. The summed E-state index contributed by atoms with van der Waals surface area (Å²) in [6, 6.07) is 17.2. The lowest BCUT2D eigenvalue weighted by Gasteiger charge is -2.17. The second-order valence-corrected chi connectivity index (χ2v) is 7.09. The molecule has 3 aromatic carbocycles. The van der Waals surface area contributed by atoms with Gasteiger partial charge in [-0.25, -0.2) is 4.39 Å². The van der Waals surface area contributed by atoms with Gasteiger partial charge in [-0.3, -0.25) is 0 Å². The average molecular weight is 444 g/mol. The van der Waals surface area contributed by atoms with E-state index in [1.54, 1.807) is 12.3 Å². The molecule has 0 aliphatic heterocycles. The summed E-state index contributed by atoms with van der Waals surface area (Å²) in [6.07, 6.45) is -0.821. The van der Waals surface area contributed by atoms with Gasteiger partial charge in [0.25, 0.3) is 0 Å². The molecule has 0 saturated heterocycles. The molecule has 2 nitrogen and oxygen atoms in total. The first-order valence-corrected chi connectivity index (χ1v) is 9.30. The number of hydrogen-bond acceptors (Lipinski definition) is 0. The first kappa shape index (κ1) is 21.0. The summed E-state index contributed by atoms with van der Waals surface area (Å²) in [5.74, 6) is 0.340. The Balaban J connectivity index is 0.00000231. The minimum Gasteiger partial charge on any atom is -0.361 e. The van der Waals surface area contributed by atoms with Crippen molar-refractivity contribution >= 4 is 34.2 Å². The van der Waals surface area contributed by atoms with Crippen LogP contribution in [0.15, 0.2) is 79.1 Å². The van der Waals surface area contributed by atoms with Crippen molar-refractivity contribution in [2.45, 2.75) is 6.18 Å². The summed E-state index contributed by atoms with van der Waals surface area (Å²) in [4.78, 5) is 6.34. The molecule has 0 saturated carbocycles. The molecule has 0 atom stereocenters. The Labute approximate surface area is 181 Å². The Bertz CT molecular complexity index is 1350. The minimum absolute atomic E-state index is 0. The Hall–Kier alpha value is -3.25. The zero-order valence-corrected chi connectivity index (χ0v) is 16.7. The second-order valence-electron chi connectivity index (χ2n) is 7.09. The van der Waals surface area contributed by atoms with E-state index in [-0.39, 0.29) is 18.2 Å². The van der Waals surface area contributed by atoms with Crippen LogP contribution in [0.25, 0.3) is 21.8 Å². The average Bonchev–Trinajstić information content (AvgIpc) is 3.33. The fourth-order valence-electron chi connectivity index (χ4n) is 3.86. The SMILES string of the molecule is Cl.Fc1ccc2[nH]cc([C](c3ccc(C(F)(F)F)cc3)c3c[nH]c4ccccc34)c2c1. The highest BCUT2D eigenvalue weighted by Gasteiger charge is 2.31. The molecule has 0 aliphatic rings. The van der Waals surface area contributed by atoms with Gasteiger partial charge in [0.05, 0.1) is 11.5 Å². The highest BCUT2D eigenvalue weighted by molar-refractivity contribution is 5.93. The summed E-state index contributed by atoms with van der Waals surface area (Å²) in [7, 11) is 0. The first-order valence-electron chi connectivity index (χ1n) is 9.30. The topological polar surface area (TPSA) is 31.6 Å². The van der Waals surface area contributed by atoms with Gasteiger partial charge in [-0.2, -0.15) is 13.2 Å². The van der Waals surface area contributed by atoms with Crippen LogP contribution in [-0.2, 0) is 6.18 Å². The zero-order valence-electron chi connectivity index (χ0n) is 15.9. The quantitative estimate of drug-likeness (QED) is 0.275. The predicted molar refractivity (Wildman–Crippen MR) is 116 cm³/mol. The number of alkyl halides is 3. The standard InChI is InChI=1S/C24H15F4N2.ClH/c25-16-9-10-22-18(11-16)20(13-30-22)23(14-5-7-15(8-6-14)24(26,27)28)19-12-29-21-4-2-1-3-17(19)21;/h1-13,29-30H;1H. The van der Waals surface area contributed by atoms with Crippen LogP contribution < -0.4 is 0 Å². The first-order chi connectivity index (χ1) is 14.4. The highest BCUT2D eigenvalue weighted by atomic mass is 35.5. The van der Waals surface area contributed by atoms with Crippen molar-refractivity contribution in [1.29, 1.82) is 0 Å². The van der Waals surface area contributed by atoms with Gasteiger partial charge in [0.1, 0.15) is 5.82 Å². The molecule has 5 aromatic rings. The molecular formula is C24H16ClF4N2. The van der Waals surface area contributed by atoms with E-state index in [2.05, 4.69) is 9.97 Å². The van der Waals surface area contributed by atoms with E-state index in [4.69, 9.17) is 0 Å². The van der Waals surface area contributed by atoms with Crippen LogP contribution in [0.3, 0.4) is 0 Å². The number of benzene rings is 3. The second kappa shape index (κ2) is 7.78. The van der Waals surface area contributed by atoms with E-state index in [0.717, 1.165) is 40.0 Å². The fourth-order valence-corrected chi connectivity index (χ4v) is 3.86. The third-order valence-corrected chi connectivity index (χ3v) is 5.27. The lowest BCUT2D eigenvalue weighted by Crippen LogP contribution is -2.07.